The number of furan rings is 1. The third-order valence-electron chi connectivity index (χ3n) is 3.90. The first-order valence-electron chi connectivity index (χ1n) is 7.80. The Hall–Kier alpha value is -3.38. The number of fused-ring (bicyclic) bond motifs is 1. The summed E-state index contributed by atoms with van der Waals surface area (Å²) in [5.74, 6) is 13.3. The van der Waals surface area contributed by atoms with Crippen molar-refractivity contribution >= 4 is 17.9 Å². The molecule has 0 aromatic carbocycles. The van der Waals surface area contributed by atoms with Crippen molar-refractivity contribution in [2.45, 2.75) is 12.5 Å². The lowest BCUT2D eigenvalue weighted by atomic mass is 9.98. The van der Waals surface area contributed by atoms with Crippen LogP contribution in [-0.4, -0.2) is 32.7 Å². The zero-order valence-electron chi connectivity index (χ0n) is 13.9. The lowest BCUT2D eigenvalue weighted by Gasteiger charge is -2.18. The molecule has 3 N–H and O–H groups in total. The molecule has 0 aliphatic carbocycles. The maximum absolute atomic E-state index is 10.6. The molecule has 0 radical (unpaired) electrons. The zero-order valence-corrected chi connectivity index (χ0v) is 13.9. The van der Waals surface area contributed by atoms with E-state index in [-0.39, 0.29) is 0 Å². The normalized spacial score (nSPS) is 23.1. The van der Waals surface area contributed by atoms with Gasteiger partial charge in [-0.25, -0.2) is 4.99 Å². The van der Waals surface area contributed by atoms with Gasteiger partial charge in [0.25, 0.3) is 11.7 Å². The fourth-order valence-electron chi connectivity index (χ4n) is 2.49. The Kier molecular flexibility index (Phi) is 3.63. The highest BCUT2D eigenvalue weighted by molar-refractivity contribution is 6.31. The third-order valence-corrected chi connectivity index (χ3v) is 3.90. The van der Waals surface area contributed by atoms with Gasteiger partial charge in [-0.3, -0.25) is 4.98 Å². The highest BCUT2D eigenvalue weighted by Gasteiger charge is 2.39. The molecule has 0 spiro atoms. The van der Waals surface area contributed by atoms with E-state index in [0.29, 0.717) is 28.7 Å². The van der Waals surface area contributed by atoms with Crippen LogP contribution in [0.2, 0.25) is 0 Å². The molecule has 0 bridgehead atoms. The number of quaternary nitrogens is 1. The first kappa shape index (κ1) is 16.1. The van der Waals surface area contributed by atoms with Crippen LogP contribution in [0, 0.1) is 11.8 Å². The molecule has 8 heteroatoms. The molecule has 0 fully saturated rings. The molecule has 4 heterocycles. The van der Waals surface area contributed by atoms with Gasteiger partial charge in [0.05, 0.1) is 6.26 Å². The minimum Gasteiger partial charge on any atom is -0.461 e. The number of nitrogens with two attached hydrogens (primary N) is 1. The number of aliphatic hydroxyl groups is 1. The Morgan fingerprint density at radius 1 is 1.27 bits per heavy atom. The second-order valence-corrected chi connectivity index (χ2v) is 5.94. The van der Waals surface area contributed by atoms with Crippen LogP contribution in [0.4, 0.5) is 0 Å². The van der Waals surface area contributed by atoms with Gasteiger partial charge in [-0.15, -0.1) is 5.84 Å². The highest BCUT2D eigenvalue weighted by atomic mass is 16.3. The molecule has 0 amide bonds. The van der Waals surface area contributed by atoms with E-state index in [4.69, 9.17) is 10.3 Å². The predicted octanol–water partition coefficient (Wildman–Crippen LogP) is 1.28. The monoisotopic (exact) mass is 347 g/mol. The molecule has 4 rings (SSSR count). The Bertz CT molecular complexity index is 1020. The molecular formula is C18H15N6O2+. The van der Waals surface area contributed by atoms with Crippen LogP contribution in [0.15, 0.2) is 74.3 Å². The topological polar surface area (TPSA) is 109 Å². The summed E-state index contributed by atoms with van der Waals surface area (Å²) in [5, 5.41) is 14.9. The molecule has 2 aliphatic rings. The maximum atomic E-state index is 10.6. The Labute approximate surface area is 149 Å². The van der Waals surface area contributed by atoms with E-state index in [1.807, 2.05) is 0 Å². The number of rotatable bonds is 2. The average molecular weight is 347 g/mol. The van der Waals surface area contributed by atoms with Crippen LogP contribution >= 0.6 is 0 Å². The minimum atomic E-state index is -1.35. The number of pyridine rings is 1. The molecule has 2 aliphatic heterocycles. The molecule has 2 atom stereocenters. The number of aliphatic imine (C=N–C) groups is 2. The van der Waals surface area contributed by atoms with Gasteiger partial charge in [0.1, 0.15) is 11.8 Å². The molecule has 8 nitrogen and oxygen atoms in total. The first-order valence-corrected chi connectivity index (χ1v) is 7.80. The van der Waals surface area contributed by atoms with Gasteiger partial charge in [0.15, 0.2) is 17.7 Å². The first-order chi connectivity index (χ1) is 12.5. The van der Waals surface area contributed by atoms with Gasteiger partial charge < -0.3 is 9.52 Å². The van der Waals surface area contributed by atoms with Gasteiger partial charge in [-0.1, -0.05) is 5.92 Å². The lowest BCUT2D eigenvalue weighted by Crippen LogP contribution is -2.50. The molecule has 0 saturated carbocycles. The van der Waals surface area contributed by atoms with Crippen LogP contribution in [0.25, 0.3) is 0 Å². The van der Waals surface area contributed by atoms with E-state index in [2.05, 4.69) is 31.9 Å². The van der Waals surface area contributed by atoms with Crippen molar-refractivity contribution in [3.63, 3.8) is 0 Å². The van der Waals surface area contributed by atoms with E-state index < -0.39 is 10.3 Å². The molecule has 2 aromatic rings. The Morgan fingerprint density at radius 2 is 2.08 bits per heavy atom. The van der Waals surface area contributed by atoms with Gasteiger partial charge in [0, 0.05) is 12.4 Å². The molecule has 128 valence electrons. The zero-order chi connectivity index (χ0) is 18.2. The van der Waals surface area contributed by atoms with Crippen molar-refractivity contribution in [3.8, 4) is 11.8 Å². The Balaban J connectivity index is 1.64. The summed E-state index contributed by atoms with van der Waals surface area (Å²) < 4.78 is 4.90. The summed E-state index contributed by atoms with van der Waals surface area (Å²) in [6.07, 6.45) is 7.80. The third kappa shape index (κ3) is 2.87. The fraction of sp³-hybridized carbons (Fsp3) is 0.111. The molecule has 2 aromatic heterocycles. The van der Waals surface area contributed by atoms with E-state index >= 15 is 0 Å². The van der Waals surface area contributed by atoms with Gasteiger partial charge in [-0.05, 0) is 52.5 Å². The van der Waals surface area contributed by atoms with E-state index in [1.54, 1.807) is 49.8 Å². The van der Waals surface area contributed by atoms with E-state index in [0.717, 1.165) is 0 Å². The van der Waals surface area contributed by atoms with E-state index in [1.165, 1.54) is 12.5 Å². The van der Waals surface area contributed by atoms with Crippen LogP contribution in [-0.2, 0) is 5.60 Å². The average Bonchev–Trinajstić information content (AvgIpc) is 3.27. The quantitative estimate of drug-likeness (QED) is 0.484. The standard InChI is InChI=1S/C18H15N6O2/c1-18(25,13-5-8-20-9-6-13)7-4-14-12-24(19)16(11-21-14)22-17(23-24)15-3-2-10-26-15/h2-3,5-6,8-12,25H,19H2,1H3/q+1. The molecule has 2 unspecified atom stereocenters. The summed E-state index contributed by atoms with van der Waals surface area (Å²) in [6, 6.07) is 6.91. The Morgan fingerprint density at radius 3 is 2.81 bits per heavy atom. The molecule has 26 heavy (non-hydrogen) atoms. The second kappa shape index (κ2) is 5.86. The smallest absolute Gasteiger partial charge is 0.300 e. The molecular weight excluding hydrogens is 332 g/mol. The van der Waals surface area contributed by atoms with Gasteiger partial charge >= 0.3 is 0 Å². The minimum absolute atomic E-state index is 0.380. The van der Waals surface area contributed by atoms with Crippen molar-refractivity contribution in [2.24, 2.45) is 20.9 Å². The summed E-state index contributed by atoms with van der Waals surface area (Å²) in [5.41, 5.74) is -0.329. The number of hydrogen-bond acceptors (Lipinski definition) is 7. The summed E-state index contributed by atoms with van der Waals surface area (Å²) in [7, 11) is 0. The van der Waals surface area contributed by atoms with E-state index in [9.17, 15) is 5.11 Å². The SMILES string of the molecule is CC(O)(C#CC1=C[N+]2(N)N=C(c3ccco3)N=C2C=N1)c1ccncc1. The maximum Gasteiger partial charge on any atom is 0.300 e. The van der Waals surface area contributed by atoms with Crippen molar-refractivity contribution in [3.05, 3.63) is 66.1 Å². The van der Waals surface area contributed by atoms with Gasteiger partial charge in [-0.2, -0.15) is 4.99 Å². The van der Waals surface area contributed by atoms with Crippen LogP contribution in [0.5, 0.6) is 0 Å². The lowest BCUT2D eigenvalue weighted by molar-refractivity contribution is -0.803. The highest BCUT2D eigenvalue weighted by Crippen LogP contribution is 2.22. The van der Waals surface area contributed by atoms with Crippen molar-refractivity contribution in [2.75, 3.05) is 0 Å². The summed E-state index contributed by atoms with van der Waals surface area (Å²) in [6.45, 7) is 1.60. The van der Waals surface area contributed by atoms with Gasteiger partial charge in [0.2, 0.25) is 0 Å². The van der Waals surface area contributed by atoms with Crippen molar-refractivity contribution in [1.82, 2.24) is 4.98 Å². The van der Waals surface area contributed by atoms with Crippen LogP contribution in [0.3, 0.4) is 0 Å². The van der Waals surface area contributed by atoms with Crippen molar-refractivity contribution in [1.29, 1.82) is 0 Å². The summed E-state index contributed by atoms with van der Waals surface area (Å²) >= 11 is 0. The fourth-order valence-corrected chi connectivity index (χ4v) is 2.49. The number of aromatic nitrogens is 1. The number of nitrogens with zero attached hydrogens (tertiary/aromatic N) is 5. The van der Waals surface area contributed by atoms with Crippen LogP contribution in [0.1, 0.15) is 18.2 Å². The van der Waals surface area contributed by atoms with Crippen LogP contribution < -0.4 is 5.84 Å². The summed E-state index contributed by atoms with van der Waals surface area (Å²) in [4.78, 5) is 12.5. The largest absolute Gasteiger partial charge is 0.461 e. The molecule has 0 saturated heterocycles. The number of hydrogen-bond donors (Lipinski definition) is 2. The second-order valence-electron chi connectivity index (χ2n) is 5.94. The number of amidine groups is 2. The predicted molar refractivity (Wildman–Crippen MR) is 95.3 cm³/mol. The number of allylic oxidation sites excluding steroid dienone is 1. The van der Waals surface area contributed by atoms with Crippen molar-refractivity contribution < 1.29 is 14.2 Å².